The van der Waals surface area contributed by atoms with E-state index in [1.54, 1.807) is 11.8 Å². The number of anilines is 1. The number of hydrogen-bond donors (Lipinski definition) is 1. The van der Waals surface area contributed by atoms with Crippen LogP contribution in [0.2, 0.25) is 0 Å². The Balaban J connectivity index is 2.16. The molecule has 114 valence electrons. The molecule has 1 aromatic carbocycles. The average Bonchev–Trinajstić information content (AvgIpc) is 2.54. The maximum atomic E-state index is 9.52. The van der Waals surface area contributed by atoms with Crippen LogP contribution in [0.5, 0.6) is 0 Å². The standard InChI is InChI=1S/C18H26N2S/c1-3-16(14-9-6-5-7-10-14)20-17-11-8-12-18(21-4-2)15(17)13-19/h8,11-12,14,16,20H,3-7,9-10H2,1-2H3. The Morgan fingerprint density at radius 2 is 2.05 bits per heavy atom. The lowest BCUT2D eigenvalue weighted by Crippen LogP contribution is -2.30. The summed E-state index contributed by atoms with van der Waals surface area (Å²) in [7, 11) is 0. The van der Waals surface area contributed by atoms with Crippen LogP contribution in [0.1, 0.15) is 57.9 Å². The van der Waals surface area contributed by atoms with Crippen molar-refractivity contribution in [3.05, 3.63) is 23.8 Å². The van der Waals surface area contributed by atoms with Gasteiger partial charge in [0.25, 0.3) is 0 Å². The lowest BCUT2D eigenvalue weighted by Gasteiger charge is -2.31. The molecule has 0 amide bonds. The second-order valence-corrected chi connectivity index (χ2v) is 7.09. The zero-order valence-corrected chi connectivity index (χ0v) is 14.0. The van der Waals surface area contributed by atoms with E-state index in [9.17, 15) is 5.26 Å². The van der Waals surface area contributed by atoms with Crippen molar-refractivity contribution in [1.29, 1.82) is 5.26 Å². The number of thioether (sulfide) groups is 1. The minimum Gasteiger partial charge on any atom is -0.381 e. The molecule has 0 spiro atoms. The van der Waals surface area contributed by atoms with Gasteiger partial charge in [-0.15, -0.1) is 11.8 Å². The third kappa shape index (κ3) is 4.17. The highest BCUT2D eigenvalue weighted by atomic mass is 32.2. The molecule has 1 aliphatic rings. The summed E-state index contributed by atoms with van der Waals surface area (Å²) in [5.41, 5.74) is 1.84. The molecular weight excluding hydrogens is 276 g/mol. The Bertz CT molecular complexity index is 486. The molecule has 0 aromatic heterocycles. The Labute approximate surface area is 133 Å². The van der Waals surface area contributed by atoms with Crippen molar-refractivity contribution in [2.45, 2.75) is 63.3 Å². The SMILES string of the molecule is CCSc1cccc(NC(CC)C2CCCCC2)c1C#N. The number of nitrogens with one attached hydrogen (secondary N) is 1. The topological polar surface area (TPSA) is 35.8 Å². The molecule has 1 N–H and O–H groups in total. The third-order valence-electron chi connectivity index (χ3n) is 4.44. The van der Waals surface area contributed by atoms with Gasteiger partial charge in [-0.05, 0) is 43.1 Å². The van der Waals surface area contributed by atoms with E-state index in [0.29, 0.717) is 6.04 Å². The van der Waals surface area contributed by atoms with Crippen LogP contribution in [0.4, 0.5) is 5.69 Å². The van der Waals surface area contributed by atoms with Crippen LogP contribution >= 0.6 is 11.8 Å². The van der Waals surface area contributed by atoms with E-state index in [0.717, 1.165) is 34.2 Å². The highest BCUT2D eigenvalue weighted by Crippen LogP contribution is 2.32. The van der Waals surface area contributed by atoms with Crippen LogP contribution in [0.25, 0.3) is 0 Å². The molecule has 0 heterocycles. The number of nitrogens with zero attached hydrogens (tertiary/aromatic N) is 1. The highest BCUT2D eigenvalue weighted by molar-refractivity contribution is 7.99. The Morgan fingerprint density at radius 3 is 2.67 bits per heavy atom. The third-order valence-corrected chi connectivity index (χ3v) is 5.38. The van der Waals surface area contributed by atoms with Crippen molar-refractivity contribution in [2.24, 2.45) is 5.92 Å². The van der Waals surface area contributed by atoms with Gasteiger partial charge in [0.05, 0.1) is 11.3 Å². The van der Waals surface area contributed by atoms with Gasteiger partial charge in [-0.2, -0.15) is 5.26 Å². The van der Waals surface area contributed by atoms with Crippen molar-refractivity contribution in [3.8, 4) is 6.07 Å². The van der Waals surface area contributed by atoms with Gasteiger partial charge in [0.2, 0.25) is 0 Å². The maximum Gasteiger partial charge on any atom is 0.102 e. The molecule has 1 aliphatic carbocycles. The number of rotatable bonds is 6. The van der Waals surface area contributed by atoms with Crippen LogP contribution in [0, 0.1) is 17.2 Å². The fourth-order valence-electron chi connectivity index (χ4n) is 3.33. The molecule has 2 rings (SSSR count). The van der Waals surface area contributed by atoms with Crippen molar-refractivity contribution < 1.29 is 0 Å². The molecule has 1 fully saturated rings. The Kier molecular flexibility index (Phi) is 6.45. The van der Waals surface area contributed by atoms with Gasteiger partial charge in [-0.25, -0.2) is 0 Å². The van der Waals surface area contributed by atoms with E-state index in [1.807, 2.05) is 0 Å². The van der Waals surface area contributed by atoms with Gasteiger partial charge in [-0.3, -0.25) is 0 Å². The van der Waals surface area contributed by atoms with E-state index in [2.05, 4.69) is 43.4 Å². The molecule has 0 radical (unpaired) electrons. The number of benzene rings is 1. The zero-order valence-electron chi connectivity index (χ0n) is 13.2. The minimum absolute atomic E-state index is 0.499. The lowest BCUT2D eigenvalue weighted by atomic mass is 9.83. The van der Waals surface area contributed by atoms with Gasteiger partial charge in [-0.1, -0.05) is 39.2 Å². The van der Waals surface area contributed by atoms with Crippen LogP contribution < -0.4 is 5.32 Å². The van der Waals surface area contributed by atoms with E-state index >= 15 is 0 Å². The Morgan fingerprint density at radius 1 is 1.29 bits per heavy atom. The normalized spacial score (nSPS) is 17.2. The molecule has 3 heteroatoms. The molecule has 1 atom stereocenters. The number of nitriles is 1. The quantitative estimate of drug-likeness (QED) is 0.711. The fourth-order valence-corrected chi connectivity index (χ4v) is 4.12. The summed E-state index contributed by atoms with van der Waals surface area (Å²) in [6, 6.07) is 9.08. The van der Waals surface area contributed by atoms with Crippen LogP contribution in [-0.2, 0) is 0 Å². The molecule has 21 heavy (non-hydrogen) atoms. The fraction of sp³-hybridized carbons (Fsp3) is 0.611. The minimum atomic E-state index is 0.499. The summed E-state index contributed by atoms with van der Waals surface area (Å²) < 4.78 is 0. The Hall–Kier alpha value is -1.14. The van der Waals surface area contributed by atoms with Gasteiger partial charge >= 0.3 is 0 Å². The molecule has 1 saturated carbocycles. The molecule has 0 saturated heterocycles. The van der Waals surface area contributed by atoms with E-state index in [-0.39, 0.29) is 0 Å². The molecule has 0 bridgehead atoms. The van der Waals surface area contributed by atoms with E-state index < -0.39 is 0 Å². The predicted octanol–water partition coefficient (Wildman–Crippen LogP) is 5.44. The van der Waals surface area contributed by atoms with Gasteiger partial charge in [0.15, 0.2) is 0 Å². The smallest absolute Gasteiger partial charge is 0.102 e. The van der Waals surface area contributed by atoms with Crippen molar-refractivity contribution in [1.82, 2.24) is 0 Å². The zero-order chi connectivity index (χ0) is 15.1. The van der Waals surface area contributed by atoms with Crippen molar-refractivity contribution in [2.75, 3.05) is 11.1 Å². The summed E-state index contributed by atoms with van der Waals surface area (Å²) >= 11 is 1.75. The first-order valence-corrected chi connectivity index (χ1v) is 9.21. The second kappa shape index (κ2) is 8.34. The largest absolute Gasteiger partial charge is 0.381 e. The van der Waals surface area contributed by atoms with Gasteiger partial charge < -0.3 is 5.32 Å². The van der Waals surface area contributed by atoms with E-state index in [4.69, 9.17) is 0 Å². The first kappa shape index (κ1) is 16.2. The van der Waals surface area contributed by atoms with Crippen LogP contribution in [0.15, 0.2) is 23.1 Å². The van der Waals surface area contributed by atoms with E-state index in [1.165, 1.54) is 32.1 Å². The summed E-state index contributed by atoms with van der Waals surface area (Å²) in [5.74, 6) is 1.76. The molecule has 1 unspecified atom stereocenters. The number of hydrogen-bond acceptors (Lipinski definition) is 3. The first-order valence-electron chi connectivity index (χ1n) is 8.22. The first-order chi connectivity index (χ1) is 10.3. The summed E-state index contributed by atoms with van der Waals surface area (Å²) in [6.45, 7) is 4.38. The summed E-state index contributed by atoms with van der Waals surface area (Å²) in [4.78, 5) is 1.10. The van der Waals surface area contributed by atoms with Gasteiger partial charge in [0.1, 0.15) is 6.07 Å². The van der Waals surface area contributed by atoms with Gasteiger partial charge in [0, 0.05) is 10.9 Å². The average molecular weight is 302 g/mol. The van der Waals surface area contributed by atoms with Crippen LogP contribution in [-0.4, -0.2) is 11.8 Å². The highest BCUT2D eigenvalue weighted by Gasteiger charge is 2.23. The predicted molar refractivity (Wildman–Crippen MR) is 91.8 cm³/mol. The lowest BCUT2D eigenvalue weighted by molar-refractivity contribution is 0.313. The summed E-state index contributed by atoms with van der Waals surface area (Å²) in [6.07, 6.45) is 7.90. The maximum absolute atomic E-state index is 9.52. The summed E-state index contributed by atoms with van der Waals surface area (Å²) in [5, 5.41) is 13.2. The van der Waals surface area contributed by atoms with Crippen LogP contribution in [0.3, 0.4) is 0 Å². The van der Waals surface area contributed by atoms with Crippen molar-refractivity contribution >= 4 is 17.4 Å². The molecular formula is C18H26N2S. The molecule has 2 nitrogen and oxygen atoms in total. The second-order valence-electron chi connectivity index (χ2n) is 5.78. The van der Waals surface area contributed by atoms with Crippen molar-refractivity contribution in [3.63, 3.8) is 0 Å². The monoisotopic (exact) mass is 302 g/mol. The molecule has 0 aliphatic heterocycles. The molecule has 1 aromatic rings.